The molecule has 2 atom stereocenters. The molecule has 0 saturated carbocycles. The van der Waals surface area contributed by atoms with Crippen molar-refractivity contribution in [3.8, 4) is 0 Å². The van der Waals surface area contributed by atoms with Crippen LogP contribution in [0.15, 0.2) is 0 Å². The van der Waals surface area contributed by atoms with Crippen LogP contribution in [0.1, 0.15) is 13.8 Å². The lowest BCUT2D eigenvalue weighted by Crippen LogP contribution is -2.50. The summed E-state index contributed by atoms with van der Waals surface area (Å²) in [5, 5.41) is 9.00. The van der Waals surface area contributed by atoms with Gasteiger partial charge in [-0.1, -0.05) is 0 Å². The molecule has 78 valence electrons. The van der Waals surface area contributed by atoms with Crippen LogP contribution < -0.4 is 0 Å². The van der Waals surface area contributed by atoms with Crippen molar-refractivity contribution >= 4 is 5.97 Å². The standard InChI is InChI=1S/C7H11F3O3/c1-4(5(11)13-3)6(2,12)7(8,9)10/h4,12H,1-3H3/t4-,6+/m1/s1. The number of ether oxygens (including phenoxy) is 1. The quantitative estimate of drug-likeness (QED) is 0.679. The summed E-state index contributed by atoms with van der Waals surface area (Å²) in [6.07, 6.45) is -4.85. The molecule has 0 heterocycles. The minimum atomic E-state index is -4.85. The second kappa shape index (κ2) is 3.53. The van der Waals surface area contributed by atoms with Gasteiger partial charge in [0.1, 0.15) is 0 Å². The third-order valence-corrected chi connectivity index (χ3v) is 1.97. The molecule has 0 aromatic heterocycles. The van der Waals surface area contributed by atoms with Crippen LogP contribution in [0.3, 0.4) is 0 Å². The van der Waals surface area contributed by atoms with Gasteiger partial charge in [-0.25, -0.2) is 0 Å². The van der Waals surface area contributed by atoms with E-state index in [1.165, 1.54) is 0 Å². The molecule has 0 aliphatic rings. The zero-order chi connectivity index (χ0) is 10.9. The molecular formula is C7H11F3O3. The van der Waals surface area contributed by atoms with Gasteiger partial charge in [0.05, 0.1) is 13.0 Å². The summed E-state index contributed by atoms with van der Waals surface area (Å²) in [4.78, 5) is 10.7. The number of alkyl halides is 3. The third-order valence-electron chi connectivity index (χ3n) is 1.97. The van der Waals surface area contributed by atoms with Crippen LogP contribution in [0.25, 0.3) is 0 Å². The van der Waals surface area contributed by atoms with Gasteiger partial charge in [0, 0.05) is 0 Å². The fraction of sp³-hybridized carbons (Fsp3) is 0.857. The van der Waals surface area contributed by atoms with E-state index in [4.69, 9.17) is 5.11 Å². The average Bonchev–Trinajstić information content (AvgIpc) is 1.99. The second-order valence-electron chi connectivity index (χ2n) is 2.89. The first-order valence-electron chi connectivity index (χ1n) is 3.51. The summed E-state index contributed by atoms with van der Waals surface area (Å²) >= 11 is 0. The minimum Gasteiger partial charge on any atom is -0.469 e. The molecule has 0 saturated heterocycles. The molecule has 0 rings (SSSR count). The van der Waals surface area contributed by atoms with Crippen LogP contribution in [-0.2, 0) is 9.53 Å². The molecule has 0 aliphatic carbocycles. The van der Waals surface area contributed by atoms with E-state index < -0.39 is 23.7 Å². The van der Waals surface area contributed by atoms with E-state index in [0.717, 1.165) is 14.0 Å². The lowest BCUT2D eigenvalue weighted by Gasteiger charge is -2.30. The predicted octanol–water partition coefficient (Wildman–Crippen LogP) is 1.11. The molecule has 0 spiro atoms. The Kier molecular flexibility index (Phi) is 3.32. The van der Waals surface area contributed by atoms with Gasteiger partial charge in [-0.2, -0.15) is 13.2 Å². The molecule has 0 bridgehead atoms. The van der Waals surface area contributed by atoms with Gasteiger partial charge >= 0.3 is 12.1 Å². The lowest BCUT2D eigenvalue weighted by atomic mass is 9.90. The number of esters is 1. The molecule has 0 aromatic rings. The van der Waals surface area contributed by atoms with Crippen LogP contribution in [0.5, 0.6) is 0 Å². The smallest absolute Gasteiger partial charge is 0.417 e. The topological polar surface area (TPSA) is 46.5 Å². The Morgan fingerprint density at radius 2 is 1.85 bits per heavy atom. The number of carbonyl (C=O) groups is 1. The highest BCUT2D eigenvalue weighted by atomic mass is 19.4. The maximum absolute atomic E-state index is 12.1. The molecule has 0 fully saturated rings. The summed E-state index contributed by atoms with van der Waals surface area (Å²) in [7, 11) is 0.964. The van der Waals surface area contributed by atoms with Crippen molar-refractivity contribution < 1.29 is 27.8 Å². The van der Waals surface area contributed by atoms with Crippen molar-refractivity contribution in [1.82, 2.24) is 0 Å². The van der Waals surface area contributed by atoms with E-state index in [2.05, 4.69) is 4.74 Å². The van der Waals surface area contributed by atoms with E-state index in [9.17, 15) is 18.0 Å². The van der Waals surface area contributed by atoms with Crippen molar-refractivity contribution in [3.63, 3.8) is 0 Å². The molecule has 0 aromatic carbocycles. The van der Waals surface area contributed by atoms with Crippen LogP contribution >= 0.6 is 0 Å². The predicted molar refractivity (Wildman–Crippen MR) is 37.9 cm³/mol. The first-order chi connectivity index (χ1) is 5.64. The van der Waals surface area contributed by atoms with Crippen molar-refractivity contribution in [2.75, 3.05) is 7.11 Å². The summed E-state index contributed by atoms with van der Waals surface area (Å²) in [6, 6.07) is 0. The van der Waals surface area contributed by atoms with E-state index in [1.807, 2.05) is 0 Å². The molecule has 0 radical (unpaired) electrons. The summed E-state index contributed by atoms with van der Waals surface area (Å²) in [5.74, 6) is -2.74. The van der Waals surface area contributed by atoms with Gasteiger partial charge in [-0.15, -0.1) is 0 Å². The van der Waals surface area contributed by atoms with Gasteiger partial charge in [-0.05, 0) is 13.8 Å². The van der Waals surface area contributed by atoms with E-state index in [0.29, 0.717) is 6.92 Å². The number of hydrogen-bond acceptors (Lipinski definition) is 3. The summed E-state index contributed by atoms with van der Waals surface area (Å²) < 4.78 is 40.5. The maximum Gasteiger partial charge on any atom is 0.417 e. The lowest BCUT2D eigenvalue weighted by molar-refractivity contribution is -0.270. The molecule has 0 unspecified atom stereocenters. The molecular weight excluding hydrogens is 189 g/mol. The van der Waals surface area contributed by atoms with Gasteiger partial charge in [0.25, 0.3) is 0 Å². The fourth-order valence-electron chi connectivity index (χ4n) is 0.652. The van der Waals surface area contributed by atoms with Crippen LogP contribution in [0.2, 0.25) is 0 Å². The maximum atomic E-state index is 12.1. The first kappa shape index (κ1) is 12.2. The highest BCUT2D eigenvalue weighted by Gasteiger charge is 2.55. The van der Waals surface area contributed by atoms with Gasteiger partial charge in [-0.3, -0.25) is 4.79 Å². The Balaban J connectivity index is 4.74. The van der Waals surface area contributed by atoms with Crippen LogP contribution in [0, 0.1) is 5.92 Å². The SMILES string of the molecule is COC(=O)[C@@H](C)[C@](C)(O)C(F)(F)F. The normalized spacial score (nSPS) is 19.0. The second-order valence-corrected chi connectivity index (χ2v) is 2.89. The molecule has 1 N–H and O–H groups in total. The summed E-state index contributed by atoms with van der Waals surface area (Å²) in [6.45, 7) is 1.49. The molecule has 6 heteroatoms. The number of methoxy groups -OCH3 is 1. The van der Waals surface area contributed by atoms with Gasteiger partial charge < -0.3 is 9.84 Å². The van der Waals surface area contributed by atoms with E-state index in [-0.39, 0.29) is 0 Å². The zero-order valence-electron chi connectivity index (χ0n) is 7.47. The van der Waals surface area contributed by atoms with Crippen molar-refractivity contribution in [1.29, 1.82) is 0 Å². The number of aliphatic hydroxyl groups is 1. The monoisotopic (exact) mass is 200 g/mol. The molecule has 0 amide bonds. The van der Waals surface area contributed by atoms with Crippen LogP contribution in [-0.4, -0.2) is 30.0 Å². The average molecular weight is 200 g/mol. The third kappa shape index (κ3) is 2.33. The number of carbonyl (C=O) groups excluding carboxylic acids is 1. The van der Waals surface area contributed by atoms with Gasteiger partial charge in [0.2, 0.25) is 0 Å². The van der Waals surface area contributed by atoms with Crippen molar-refractivity contribution in [3.05, 3.63) is 0 Å². The van der Waals surface area contributed by atoms with E-state index in [1.54, 1.807) is 0 Å². The Morgan fingerprint density at radius 3 is 2.08 bits per heavy atom. The Bertz CT molecular complexity index is 198. The fourth-order valence-corrected chi connectivity index (χ4v) is 0.652. The molecule has 0 aliphatic heterocycles. The first-order valence-corrected chi connectivity index (χ1v) is 3.51. The zero-order valence-corrected chi connectivity index (χ0v) is 7.47. The minimum absolute atomic E-state index is 0.536. The highest BCUT2D eigenvalue weighted by molar-refractivity contribution is 5.73. The Hall–Kier alpha value is -0.780. The molecule has 13 heavy (non-hydrogen) atoms. The van der Waals surface area contributed by atoms with Gasteiger partial charge in [0.15, 0.2) is 5.60 Å². The molecule has 3 nitrogen and oxygen atoms in total. The largest absolute Gasteiger partial charge is 0.469 e. The summed E-state index contributed by atoms with van der Waals surface area (Å²) in [5.41, 5.74) is -3.06. The van der Waals surface area contributed by atoms with Crippen LogP contribution in [0.4, 0.5) is 13.2 Å². The Morgan fingerprint density at radius 1 is 1.46 bits per heavy atom. The van der Waals surface area contributed by atoms with Crippen molar-refractivity contribution in [2.24, 2.45) is 5.92 Å². The highest BCUT2D eigenvalue weighted by Crippen LogP contribution is 2.36. The number of hydrogen-bond donors (Lipinski definition) is 1. The Labute approximate surface area is 73.5 Å². The number of rotatable bonds is 2. The van der Waals surface area contributed by atoms with E-state index >= 15 is 0 Å². The number of halogens is 3. The van der Waals surface area contributed by atoms with Crippen molar-refractivity contribution in [2.45, 2.75) is 25.6 Å².